The molecular formula is C20H29ClO3. The van der Waals surface area contributed by atoms with Gasteiger partial charge in [0, 0.05) is 17.9 Å². The molecule has 0 saturated carbocycles. The van der Waals surface area contributed by atoms with Crippen molar-refractivity contribution in [2.24, 2.45) is 5.92 Å². The molecule has 24 heavy (non-hydrogen) atoms. The van der Waals surface area contributed by atoms with Crippen molar-refractivity contribution >= 4 is 23.4 Å². The third kappa shape index (κ3) is 7.96. The van der Waals surface area contributed by atoms with Crippen molar-refractivity contribution in [1.29, 1.82) is 0 Å². The largest absolute Gasteiger partial charge is 0.481 e. The summed E-state index contributed by atoms with van der Waals surface area (Å²) in [6.45, 7) is 2.19. The fourth-order valence-corrected chi connectivity index (χ4v) is 3.08. The molecule has 0 saturated heterocycles. The number of hydrogen-bond donors (Lipinski definition) is 1. The van der Waals surface area contributed by atoms with Gasteiger partial charge in [-0.05, 0) is 38.5 Å². The van der Waals surface area contributed by atoms with E-state index in [1.165, 1.54) is 19.3 Å². The van der Waals surface area contributed by atoms with Gasteiger partial charge < -0.3 is 5.11 Å². The van der Waals surface area contributed by atoms with E-state index in [4.69, 9.17) is 16.7 Å². The third-order valence-electron chi connectivity index (χ3n) is 4.22. The highest BCUT2D eigenvalue weighted by Crippen LogP contribution is 2.32. The highest BCUT2D eigenvalue weighted by molar-refractivity contribution is 6.46. The first kappa shape index (κ1) is 20.7. The predicted octanol–water partition coefficient (Wildman–Crippen LogP) is 5.80. The number of carboxylic acids is 1. The summed E-state index contributed by atoms with van der Waals surface area (Å²) in [7, 11) is 0. The molecule has 0 spiro atoms. The maximum Gasteiger partial charge on any atom is 0.303 e. The van der Waals surface area contributed by atoms with Crippen molar-refractivity contribution in [1.82, 2.24) is 0 Å². The molecular weight excluding hydrogens is 324 g/mol. The Morgan fingerprint density at radius 2 is 1.92 bits per heavy atom. The van der Waals surface area contributed by atoms with Gasteiger partial charge in [-0.15, -0.1) is 0 Å². The second-order valence-corrected chi connectivity index (χ2v) is 6.71. The van der Waals surface area contributed by atoms with E-state index in [0.717, 1.165) is 37.7 Å². The first-order valence-electron chi connectivity index (χ1n) is 9.05. The molecule has 1 unspecified atom stereocenters. The van der Waals surface area contributed by atoms with Crippen LogP contribution in [0.3, 0.4) is 0 Å². The summed E-state index contributed by atoms with van der Waals surface area (Å²) < 4.78 is 0. The summed E-state index contributed by atoms with van der Waals surface area (Å²) in [6, 6.07) is 0. The summed E-state index contributed by atoms with van der Waals surface area (Å²) >= 11 is 6.01. The van der Waals surface area contributed by atoms with Crippen molar-refractivity contribution < 1.29 is 14.7 Å². The third-order valence-corrected chi connectivity index (χ3v) is 4.51. The SMILES string of the molecule is CCCCC/C=C/CC1C=C(Cl)C(=O)/C1=C\CCCCCC(=O)O. The van der Waals surface area contributed by atoms with Gasteiger partial charge in [-0.1, -0.05) is 62.1 Å². The zero-order valence-corrected chi connectivity index (χ0v) is 15.4. The topological polar surface area (TPSA) is 54.4 Å². The van der Waals surface area contributed by atoms with Crippen molar-refractivity contribution in [3.05, 3.63) is 34.9 Å². The second-order valence-electron chi connectivity index (χ2n) is 6.31. The van der Waals surface area contributed by atoms with Crippen LogP contribution in [0.5, 0.6) is 0 Å². The highest BCUT2D eigenvalue weighted by Gasteiger charge is 2.27. The Balaban J connectivity index is 2.40. The molecule has 0 aromatic rings. The zero-order valence-electron chi connectivity index (χ0n) is 14.6. The first-order chi connectivity index (χ1) is 11.6. The number of carboxylic acid groups (broad SMARTS) is 1. The van der Waals surface area contributed by atoms with Crippen molar-refractivity contribution in [2.45, 2.75) is 71.1 Å². The van der Waals surface area contributed by atoms with Gasteiger partial charge in [-0.2, -0.15) is 0 Å². The van der Waals surface area contributed by atoms with Gasteiger partial charge in [0.1, 0.15) is 0 Å². The van der Waals surface area contributed by atoms with Crippen LogP contribution in [0.4, 0.5) is 0 Å². The lowest BCUT2D eigenvalue weighted by Crippen LogP contribution is -2.03. The molecule has 0 heterocycles. The van der Waals surface area contributed by atoms with Gasteiger partial charge in [0.25, 0.3) is 0 Å². The van der Waals surface area contributed by atoms with Gasteiger partial charge in [-0.25, -0.2) is 0 Å². The molecule has 1 N–H and O–H groups in total. The van der Waals surface area contributed by atoms with Crippen LogP contribution in [0, 0.1) is 5.92 Å². The van der Waals surface area contributed by atoms with Crippen molar-refractivity contribution in [2.75, 3.05) is 0 Å². The molecule has 0 radical (unpaired) electrons. The van der Waals surface area contributed by atoms with E-state index in [2.05, 4.69) is 19.1 Å². The smallest absolute Gasteiger partial charge is 0.303 e. The Morgan fingerprint density at radius 3 is 2.62 bits per heavy atom. The number of ketones is 1. The number of Topliss-reactive ketones (excluding diaryl/α,β-unsaturated/α-hetero) is 1. The lowest BCUT2D eigenvalue weighted by Gasteiger charge is -2.07. The van der Waals surface area contributed by atoms with E-state index in [9.17, 15) is 9.59 Å². The van der Waals surface area contributed by atoms with Gasteiger partial charge >= 0.3 is 5.97 Å². The molecule has 1 atom stereocenters. The summed E-state index contributed by atoms with van der Waals surface area (Å²) in [5.41, 5.74) is 0.802. The van der Waals surface area contributed by atoms with Crippen molar-refractivity contribution in [3.8, 4) is 0 Å². The van der Waals surface area contributed by atoms with Crippen LogP contribution in [0.15, 0.2) is 34.9 Å². The molecule has 1 aliphatic carbocycles. The standard InChI is InChI=1S/C20H29ClO3/c1-2-3-4-5-6-9-12-16-15-18(21)20(24)17(16)13-10-7-8-11-14-19(22)23/h6,9,13,15-16H,2-5,7-8,10-12,14H2,1H3,(H,22,23)/b9-6+,17-13-. The Bertz CT molecular complexity index is 503. The minimum absolute atomic E-state index is 0.0495. The lowest BCUT2D eigenvalue weighted by molar-refractivity contribution is -0.137. The molecule has 0 fully saturated rings. The van der Waals surface area contributed by atoms with Gasteiger partial charge in [-0.3, -0.25) is 9.59 Å². The highest BCUT2D eigenvalue weighted by atomic mass is 35.5. The van der Waals surface area contributed by atoms with Gasteiger partial charge in [0.2, 0.25) is 0 Å². The fraction of sp³-hybridized carbons (Fsp3) is 0.600. The lowest BCUT2D eigenvalue weighted by atomic mass is 9.96. The van der Waals surface area contributed by atoms with Crippen molar-refractivity contribution in [3.63, 3.8) is 0 Å². The summed E-state index contributed by atoms with van der Waals surface area (Å²) in [4.78, 5) is 22.6. The van der Waals surface area contributed by atoms with Crippen LogP contribution in [-0.2, 0) is 9.59 Å². The molecule has 0 aromatic carbocycles. The van der Waals surface area contributed by atoms with E-state index in [0.29, 0.717) is 11.5 Å². The minimum Gasteiger partial charge on any atom is -0.481 e. The summed E-state index contributed by atoms with van der Waals surface area (Å²) in [5.74, 6) is -0.709. The maximum absolute atomic E-state index is 12.1. The quantitative estimate of drug-likeness (QED) is 0.274. The van der Waals surface area contributed by atoms with E-state index in [-0.39, 0.29) is 18.1 Å². The average molecular weight is 353 g/mol. The van der Waals surface area contributed by atoms with Gasteiger partial charge in [0.15, 0.2) is 5.78 Å². The Kier molecular flexibility index (Phi) is 10.4. The predicted molar refractivity (Wildman–Crippen MR) is 99.1 cm³/mol. The van der Waals surface area contributed by atoms with E-state index in [1.54, 1.807) is 0 Å². The van der Waals surface area contributed by atoms with Crippen LogP contribution in [0.1, 0.15) is 71.1 Å². The van der Waals surface area contributed by atoms with E-state index < -0.39 is 5.97 Å². The molecule has 0 amide bonds. The zero-order chi connectivity index (χ0) is 17.8. The fourth-order valence-electron chi connectivity index (χ4n) is 2.82. The van der Waals surface area contributed by atoms with Crippen LogP contribution in [0.2, 0.25) is 0 Å². The second kappa shape index (κ2) is 12.1. The van der Waals surface area contributed by atoms with Crippen LogP contribution in [-0.4, -0.2) is 16.9 Å². The molecule has 134 valence electrons. The number of rotatable bonds is 12. The van der Waals surface area contributed by atoms with Crippen LogP contribution < -0.4 is 0 Å². The Labute approximate surface area is 150 Å². The molecule has 0 aromatic heterocycles. The summed E-state index contributed by atoms with van der Waals surface area (Å²) in [6.07, 6.45) is 17.3. The Hall–Kier alpha value is -1.35. The molecule has 4 heteroatoms. The number of carbonyl (C=O) groups excluding carboxylic acids is 1. The monoisotopic (exact) mass is 352 g/mol. The van der Waals surface area contributed by atoms with E-state index >= 15 is 0 Å². The number of aliphatic carboxylic acids is 1. The number of hydrogen-bond acceptors (Lipinski definition) is 2. The number of allylic oxidation sites excluding steroid dienone is 6. The van der Waals surface area contributed by atoms with Crippen LogP contribution >= 0.6 is 11.6 Å². The average Bonchev–Trinajstić information content (AvgIpc) is 2.81. The van der Waals surface area contributed by atoms with Gasteiger partial charge in [0.05, 0.1) is 5.03 Å². The normalized spacial score (nSPS) is 19.4. The molecule has 3 nitrogen and oxygen atoms in total. The maximum atomic E-state index is 12.1. The van der Waals surface area contributed by atoms with E-state index in [1.807, 2.05) is 12.2 Å². The molecule has 0 aliphatic heterocycles. The minimum atomic E-state index is -0.749. The summed E-state index contributed by atoms with van der Waals surface area (Å²) in [5, 5.41) is 8.94. The first-order valence-corrected chi connectivity index (χ1v) is 9.43. The Morgan fingerprint density at radius 1 is 1.17 bits per heavy atom. The van der Waals surface area contributed by atoms with Crippen LogP contribution in [0.25, 0.3) is 0 Å². The molecule has 0 bridgehead atoms. The number of unbranched alkanes of at least 4 members (excludes halogenated alkanes) is 6. The molecule has 1 rings (SSSR count). The molecule has 1 aliphatic rings. The number of halogens is 1. The number of carbonyl (C=O) groups is 2.